The molecule has 74 valence electrons. The summed E-state index contributed by atoms with van der Waals surface area (Å²) < 4.78 is 5.07. The zero-order valence-electron chi connectivity index (χ0n) is 7.90. The summed E-state index contributed by atoms with van der Waals surface area (Å²) in [6.07, 6.45) is 1.68. The Bertz CT molecular complexity index is 350. The molecule has 14 heavy (non-hydrogen) atoms. The number of carbonyl (C=O) groups is 1. The van der Waals surface area contributed by atoms with Gasteiger partial charge in [0.25, 0.3) is 0 Å². The molecule has 1 aromatic rings. The summed E-state index contributed by atoms with van der Waals surface area (Å²) in [7, 11) is 0. The minimum Gasteiger partial charge on any atom is -0.379 e. The second kappa shape index (κ2) is 4.11. The van der Waals surface area contributed by atoms with Gasteiger partial charge in [-0.2, -0.15) is 0 Å². The van der Waals surface area contributed by atoms with E-state index < -0.39 is 0 Å². The molecule has 1 fully saturated rings. The number of thioether (sulfide) groups is 1. The SMILES string of the molecule is CC(=O)c1ccnc(SC2COC2)c1. The van der Waals surface area contributed by atoms with E-state index in [9.17, 15) is 4.79 Å². The molecule has 2 heterocycles. The Balaban J connectivity index is 2.09. The normalized spacial score (nSPS) is 16.4. The molecule has 4 heteroatoms. The summed E-state index contributed by atoms with van der Waals surface area (Å²) in [5.41, 5.74) is 0.725. The summed E-state index contributed by atoms with van der Waals surface area (Å²) in [5, 5.41) is 1.41. The van der Waals surface area contributed by atoms with Gasteiger partial charge in [-0.1, -0.05) is 11.8 Å². The highest BCUT2D eigenvalue weighted by atomic mass is 32.2. The van der Waals surface area contributed by atoms with Gasteiger partial charge in [0.15, 0.2) is 5.78 Å². The maximum atomic E-state index is 11.1. The molecule has 0 saturated carbocycles. The van der Waals surface area contributed by atoms with E-state index in [1.165, 1.54) is 0 Å². The lowest BCUT2D eigenvalue weighted by Gasteiger charge is -2.24. The average molecular weight is 209 g/mol. The molecule has 1 aliphatic heterocycles. The lowest BCUT2D eigenvalue weighted by Crippen LogP contribution is -2.30. The van der Waals surface area contributed by atoms with Gasteiger partial charge in [-0.3, -0.25) is 4.79 Å². The van der Waals surface area contributed by atoms with Gasteiger partial charge in [-0.05, 0) is 19.1 Å². The van der Waals surface area contributed by atoms with E-state index in [0.717, 1.165) is 23.8 Å². The van der Waals surface area contributed by atoms with Crippen molar-refractivity contribution in [1.82, 2.24) is 4.98 Å². The molecule has 0 aromatic carbocycles. The molecule has 0 N–H and O–H groups in total. The summed E-state index contributed by atoms with van der Waals surface area (Å²) in [6, 6.07) is 3.58. The first-order valence-electron chi connectivity index (χ1n) is 4.47. The van der Waals surface area contributed by atoms with Crippen LogP contribution in [0.25, 0.3) is 0 Å². The van der Waals surface area contributed by atoms with E-state index >= 15 is 0 Å². The van der Waals surface area contributed by atoms with Crippen molar-refractivity contribution in [3.8, 4) is 0 Å². The second-order valence-electron chi connectivity index (χ2n) is 3.22. The van der Waals surface area contributed by atoms with Crippen molar-refractivity contribution in [2.45, 2.75) is 17.2 Å². The molecule has 1 saturated heterocycles. The van der Waals surface area contributed by atoms with Crippen molar-refractivity contribution in [3.05, 3.63) is 23.9 Å². The first-order chi connectivity index (χ1) is 6.75. The largest absolute Gasteiger partial charge is 0.379 e. The molecule has 0 bridgehead atoms. The van der Waals surface area contributed by atoms with Gasteiger partial charge >= 0.3 is 0 Å². The summed E-state index contributed by atoms with van der Waals surface area (Å²) >= 11 is 1.67. The highest BCUT2D eigenvalue weighted by Crippen LogP contribution is 2.26. The third kappa shape index (κ3) is 2.13. The van der Waals surface area contributed by atoms with Crippen molar-refractivity contribution in [3.63, 3.8) is 0 Å². The maximum Gasteiger partial charge on any atom is 0.159 e. The number of ether oxygens (including phenoxy) is 1. The third-order valence-electron chi connectivity index (χ3n) is 2.04. The van der Waals surface area contributed by atoms with E-state index in [2.05, 4.69) is 4.98 Å². The Morgan fingerprint density at radius 2 is 2.43 bits per heavy atom. The number of hydrogen-bond acceptors (Lipinski definition) is 4. The number of carbonyl (C=O) groups excluding carboxylic acids is 1. The summed E-state index contributed by atoms with van der Waals surface area (Å²) in [5.74, 6) is 0.0825. The number of pyridine rings is 1. The lowest BCUT2D eigenvalue weighted by molar-refractivity contribution is 0.0454. The van der Waals surface area contributed by atoms with E-state index in [1.807, 2.05) is 6.07 Å². The topological polar surface area (TPSA) is 39.2 Å². The van der Waals surface area contributed by atoms with E-state index in [0.29, 0.717) is 5.25 Å². The Morgan fingerprint density at radius 3 is 3.00 bits per heavy atom. The monoisotopic (exact) mass is 209 g/mol. The van der Waals surface area contributed by atoms with Crippen molar-refractivity contribution >= 4 is 17.5 Å². The first kappa shape index (κ1) is 9.68. The number of aromatic nitrogens is 1. The molecule has 0 amide bonds. The van der Waals surface area contributed by atoms with Crippen LogP contribution in [0, 0.1) is 0 Å². The fourth-order valence-corrected chi connectivity index (χ4v) is 2.13. The molecule has 2 rings (SSSR count). The molecule has 1 aromatic heterocycles. The number of rotatable bonds is 3. The molecule has 0 radical (unpaired) electrons. The number of hydrogen-bond donors (Lipinski definition) is 0. The first-order valence-corrected chi connectivity index (χ1v) is 5.35. The molecular formula is C10H11NO2S. The zero-order valence-corrected chi connectivity index (χ0v) is 8.71. The molecule has 0 aliphatic carbocycles. The van der Waals surface area contributed by atoms with Gasteiger partial charge in [-0.15, -0.1) is 0 Å². The van der Waals surface area contributed by atoms with Crippen molar-refractivity contribution in [2.75, 3.05) is 13.2 Å². The van der Waals surface area contributed by atoms with Crippen molar-refractivity contribution < 1.29 is 9.53 Å². The fourth-order valence-electron chi connectivity index (χ4n) is 1.15. The predicted octanol–water partition coefficient (Wildman–Crippen LogP) is 1.78. The third-order valence-corrected chi connectivity index (χ3v) is 3.11. The maximum absolute atomic E-state index is 11.1. The highest BCUT2D eigenvalue weighted by Gasteiger charge is 2.20. The summed E-state index contributed by atoms with van der Waals surface area (Å²) in [6.45, 7) is 3.14. The zero-order chi connectivity index (χ0) is 9.97. The summed E-state index contributed by atoms with van der Waals surface area (Å²) in [4.78, 5) is 15.3. The predicted molar refractivity (Wildman–Crippen MR) is 54.7 cm³/mol. The van der Waals surface area contributed by atoms with E-state index in [4.69, 9.17) is 4.74 Å². The van der Waals surface area contributed by atoms with Crippen LogP contribution >= 0.6 is 11.8 Å². The lowest BCUT2D eigenvalue weighted by atomic mass is 10.2. The van der Waals surface area contributed by atoms with Gasteiger partial charge in [0.05, 0.1) is 23.5 Å². The van der Waals surface area contributed by atoms with Crippen LogP contribution < -0.4 is 0 Å². The second-order valence-corrected chi connectivity index (χ2v) is 4.54. The quantitative estimate of drug-likeness (QED) is 0.711. The van der Waals surface area contributed by atoms with Crippen LogP contribution in [0.4, 0.5) is 0 Å². The Labute approximate surface area is 86.9 Å². The molecule has 3 nitrogen and oxygen atoms in total. The Kier molecular flexibility index (Phi) is 2.84. The van der Waals surface area contributed by atoms with Gasteiger partial charge in [-0.25, -0.2) is 4.98 Å². The Hall–Kier alpha value is -0.870. The molecule has 0 spiro atoms. The van der Waals surface area contributed by atoms with Gasteiger partial charge in [0.1, 0.15) is 0 Å². The van der Waals surface area contributed by atoms with Gasteiger partial charge in [0.2, 0.25) is 0 Å². The molecule has 1 aliphatic rings. The highest BCUT2D eigenvalue weighted by molar-refractivity contribution is 8.00. The molecule has 0 unspecified atom stereocenters. The molecular weight excluding hydrogens is 198 g/mol. The number of Topliss-reactive ketones (excluding diaryl/α,β-unsaturated/α-hetero) is 1. The number of ketones is 1. The van der Waals surface area contributed by atoms with E-state index in [-0.39, 0.29) is 5.78 Å². The number of nitrogens with zero attached hydrogens (tertiary/aromatic N) is 1. The van der Waals surface area contributed by atoms with Gasteiger partial charge < -0.3 is 4.74 Å². The minimum absolute atomic E-state index is 0.0825. The van der Waals surface area contributed by atoms with Crippen LogP contribution in [0.5, 0.6) is 0 Å². The molecule has 0 atom stereocenters. The van der Waals surface area contributed by atoms with Crippen LogP contribution in [0.2, 0.25) is 0 Å². The average Bonchev–Trinajstić information content (AvgIpc) is 2.12. The van der Waals surface area contributed by atoms with Crippen LogP contribution in [0.15, 0.2) is 23.4 Å². The van der Waals surface area contributed by atoms with E-state index in [1.54, 1.807) is 30.9 Å². The fraction of sp³-hybridized carbons (Fsp3) is 0.400. The standard InChI is InChI=1S/C10H11NO2S/c1-7(12)8-2-3-11-10(4-8)14-9-5-13-6-9/h2-4,9H,5-6H2,1H3. The smallest absolute Gasteiger partial charge is 0.159 e. The van der Waals surface area contributed by atoms with Crippen LogP contribution in [0.3, 0.4) is 0 Å². The van der Waals surface area contributed by atoms with Crippen LogP contribution in [-0.4, -0.2) is 29.2 Å². The van der Waals surface area contributed by atoms with Crippen molar-refractivity contribution in [1.29, 1.82) is 0 Å². The van der Waals surface area contributed by atoms with Crippen LogP contribution in [-0.2, 0) is 4.74 Å². The Morgan fingerprint density at radius 1 is 1.64 bits per heavy atom. The van der Waals surface area contributed by atoms with Crippen LogP contribution in [0.1, 0.15) is 17.3 Å². The minimum atomic E-state index is 0.0825. The van der Waals surface area contributed by atoms with Crippen molar-refractivity contribution in [2.24, 2.45) is 0 Å². The van der Waals surface area contributed by atoms with Gasteiger partial charge in [0, 0.05) is 11.8 Å².